The first kappa shape index (κ1) is 10.7. The van der Waals surface area contributed by atoms with Gasteiger partial charge in [0.05, 0.1) is 6.35 Å². The first-order valence-corrected chi connectivity index (χ1v) is 6.16. The lowest BCUT2D eigenvalue weighted by molar-refractivity contribution is -0.157. The van der Waals surface area contributed by atoms with E-state index < -0.39 is 0 Å². The van der Waals surface area contributed by atoms with E-state index in [1.165, 1.54) is 0 Å². The number of hydrogen-bond donors (Lipinski definition) is 0. The van der Waals surface area contributed by atoms with Crippen molar-refractivity contribution in [2.45, 2.75) is 18.6 Å². The van der Waals surface area contributed by atoms with Gasteiger partial charge < -0.3 is 14.3 Å². The van der Waals surface area contributed by atoms with Gasteiger partial charge in [-0.05, 0) is 5.56 Å². The van der Waals surface area contributed by atoms with Crippen molar-refractivity contribution < 1.29 is 14.3 Å². The SMILES string of the molecule is O=CC1OC(Cc2ccccc2)OCP1. The van der Waals surface area contributed by atoms with E-state index in [4.69, 9.17) is 9.47 Å². The molecule has 1 saturated heterocycles. The summed E-state index contributed by atoms with van der Waals surface area (Å²) in [6.07, 6.45) is 1.92. The van der Waals surface area contributed by atoms with E-state index in [0.29, 0.717) is 21.3 Å². The second-order valence-electron chi connectivity index (χ2n) is 3.33. The number of carbonyl (C=O) groups is 1. The van der Waals surface area contributed by atoms with Crippen LogP contribution in [0.25, 0.3) is 0 Å². The Morgan fingerprint density at radius 2 is 2.20 bits per heavy atom. The lowest BCUT2D eigenvalue weighted by Gasteiger charge is -2.27. The van der Waals surface area contributed by atoms with E-state index in [1.54, 1.807) is 0 Å². The molecule has 1 aliphatic heterocycles. The third-order valence-electron chi connectivity index (χ3n) is 2.22. The largest absolute Gasteiger partial charge is 0.348 e. The van der Waals surface area contributed by atoms with Gasteiger partial charge in [-0.25, -0.2) is 0 Å². The molecule has 3 unspecified atom stereocenters. The van der Waals surface area contributed by atoms with Gasteiger partial charge in [0.2, 0.25) is 0 Å². The lowest BCUT2D eigenvalue weighted by Crippen LogP contribution is -2.29. The van der Waals surface area contributed by atoms with Crippen molar-refractivity contribution in [3.63, 3.8) is 0 Å². The molecule has 0 spiro atoms. The van der Waals surface area contributed by atoms with E-state index in [2.05, 4.69) is 0 Å². The van der Waals surface area contributed by atoms with Gasteiger partial charge in [-0.15, -0.1) is 0 Å². The second kappa shape index (κ2) is 5.36. The van der Waals surface area contributed by atoms with Crippen LogP contribution in [0, 0.1) is 0 Å². The maximum absolute atomic E-state index is 10.6. The Kier molecular flexibility index (Phi) is 3.84. The number of ether oxygens (including phenoxy) is 2. The number of hydrogen-bond acceptors (Lipinski definition) is 3. The normalized spacial score (nSPS) is 27.7. The third kappa shape index (κ3) is 3.10. The molecule has 0 N–H and O–H groups in total. The van der Waals surface area contributed by atoms with Crippen molar-refractivity contribution in [2.75, 3.05) is 6.35 Å². The first-order chi connectivity index (χ1) is 7.38. The zero-order valence-corrected chi connectivity index (χ0v) is 9.26. The summed E-state index contributed by atoms with van der Waals surface area (Å²) < 4.78 is 10.9. The number of carbonyl (C=O) groups excluding carboxylic acids is 1. The summed E-state index contributed by atoms with van der Waals surface area (Å²) in [6, 6.07) is 10.00. The van der Waals surface area contributed by atoms with Crippen LogP contribution < -0.4 is 0 Å². The van der Waals surface area contributed by atoms with Crippen molar-refractivity contribution in [3.05, 3.63) is 35.9 Å². The van der Waals surface area contributed by atoms with Crippen molar-refractivity contribution in [2.24, 2.45) is 0 Å². The first-order valence-electron chi connectivity index (χ1n) is 4.88. The highest BCUT2D eigenvalue weighted by Crippen LogP contribution is 2.27. The van der Waals surface area contributed by atoms with Gasteiger partial charge in [-0.1, -0.05) is 38.9 Å². The number of rotatable bonds is 3. The van der Waals surface area contributed by atoms with Gasteiger partial charge in [0.25, 0.3) is 0 Å². The maximum Gasteiger partial charge on any atom is 0.163 e. The molecule has 4 heteroatoms. The molecule has 3 atom stereocenters. The van der Waals surface area contributed by atoms with Crippen molar-refractivity contribution >= 4 is 14.9 Å². The highest BCUT2D eigenvalue weighted by molar-refractivity contribution is 7.39. The van der Waals surface area contributed by atoms with Gasteiger partial charge in [0.15, 0.2) is 12.6 Å². The van der Waals surface area contributed by atoms with Gasteiger partial charge in [-0.2, -0.15) is 0 Å². The van der Waals surface area contributed by atoms with E-state index in [0.717, 1.165) is 11.8 Å². The third-order valence-corrected chi connectivity index (χ3v) is 3.23. The Balaban J connectivity index is 1.92. The van der Waals surface area contributed by atoms with E-state index >= 15 is 0 Å². The van der Waals surface area contributed by atoms with E-state index in [9.17, 15) is 4.79 Å². The van der Waals surface area contributed by atoms with E-state index in [-0.39, 0.29) is 12.1 Å². The lowest BCUT2D eigenvalue weighted by atomic mass is 10.1. The van der Waals surface area contributed by atoms with Crippen LogP contribution in [0.3, 0.4) is 0 Å². The standard InChI is InChI=1S/C11H13O3P/c12-7-11-14-10(13-8-15-11)6-9-4-2-1-3-5-9/h1-5,7,10-11,15H,6,8H2. The van der Waals surface area contributed by atoms with E-state index in [1.807, 2.05) is 30.3 Å². The minimum Gasteiger partial charge on any atom is -0.348 e. The fourth-order valence-corrected chi connectivity index (χ4v) is 2.26. The molecule has 1 aliphatic rings. The Labute approximate surface area is 90.6 Å². The predicted octanol–water partition coefficient (Wildman–Crippen LogP) is 1.76. The Morgan fingerprint density at radius 3 is 2.93 bits per heavy atom. The molecule has 80 valence electrons. The molecule has 2 rings (SSSR count). The molecule has 3 nitrogen and oxygen atoms in total. The minimum absolute atomic E-state index is 0.271. The summed E-state index contributed by atoms with van der Waals surface area (Å²) in [7, 11) is 0.427. The zero-order valence-electron chi connectivity index (χ0n) is 8.26. The molecular weight excluding hydrogens is 211 g/mol. The number of benzene rings is 1. The molecule has 1 aromatic carbocycles. The maximum atomic E-state index is 10.6. The second-order valence-corrected chi connectivity index (χ2v) is 4.59. The molecule has 0 amide bonds. The zero-order chi connectivity index (χ0) is 10.5. The van der Waals surface area contributed by atoms with Gasteiger partial charge in [0, 0.05) is 6.42 Å². The Hall–Kier alpha value is -0.760. The smallest absolute Gasteiger partial charge is 0.163 e. The van der Waals surface area contributed by atoms with Gasteiger partial charge in [0.1, 0.15) is 5.85 Å². The van der Waals surface area contributed by atoms with Gasteiger partial charge >= 0.3 is 0 Å². The average molecular weight is 224 g/mol. The summed E-state index contributed by atoms with van der Waals surface area (Å²) in [5.41, 5.74) is 1.16. The molecule has 0 aromatic heterocycles. The Morgan fingerprint density at radius 1 is 1.40 bits per heavy atom. The molecule has 0 saturated carbocycles. The van der Waals surface area contributed by atoms with Crippen molar-refractivity contribution in [1.29, 1.82) is 0 Å². The summed E-state index contributed by atoms with van der Waals surface area (Å²) in [6.45, 7) is 0. The molecular formula is C11H13O3P. The van der Waals surface area contributed by atoms with Crippen LogP contribution in [0.15, 0.2) is 30.3 Å². The average Bonchev–Trinajstić information content (AvgIpc) is 2.31. The minimum atomic E-state index is -0.274. The fraction of sp³-hybridized carbons (Fsp3) is 0.364. The molecule has 1 aromatic rings. The molecule has 15 heavy (non-hydrogen) atoms. The van der Waals surface area contributed by atoms with Crippen LogP contribution in [0.1, 0.15) is 5.56 Å². The summed E-state index contributed by atoms with van der Waals surface area (Å²) >= 11 is 0. The van der Waals surface area contributed by atoms with Gasteiger partial charge in [-0.3, -0.25) is 0 Å². The van der Waals surface area contributed by atoms with Crippen molar-refractivity contribution in [1.82, 2.24) is 0 Å². The molecule has 1 fully saturated rings. The topological polar surface area (TPSA) is 35.5 Å². The fourth-order valence-electron chi connectivity index (χ4n) is 1.47. The van der Waals surface area contributed by atoms with Crippen LogP contribution >= 0.6 is 8.58 Å². The Bertz CT molecular complexity index is 315. The molecule has 1 heterocycles. The van der Waals surface area contributed by atoms with Crippen LogP contribution in [-0.2, 0) is 20.7 Å². The monoisotopic (exact) mass is 224 g/mol. The molecule has 0 bridgehead atoms. The van der Waals surface area contributed by atoms with Crippen LogP contribution in [0.4, 0.5) is 0 Å². The van der Waals surface area contributed by atoms with Crippen LogP contribution in [0.2, 0.25) is 0 Å². The molecule has 0 radical (unpaired) electrons. The van der Waals surface area contributed by atoms with Crippen LogP contribution in [-0.4, -0.2) is 24.8 Å². The molecule has 0 aliphatic carbocycles. The number of aldehydes is 1. The predicted molar refractivity (Wildman–Crippen MR) is 59.1 cm³/mol. The highest BCUT2D eigenvalue weighted by Gasteiger charge is 2.22. The van der Waals surface area contributed by atoms with Crippen LogP contribution in [0.5, 0.6) is 0 Å². The summed E-state index contributed by atoms with van der Waals surface area (Å²) in [5, 5.41) is 0. The van der Waals surface area contributed by atoms with Crippen molar-refractivity contribution in [3.8, 4) is 0 Å². The summed E-state index contributed by atoms with van der Waals surface area (Å²) in [4.78, 5) is 10.6. The summed E-state index contributed by atoms with van der Waals surface area (Å²) in [5.74, 6) is -0.271. The quantitative estimate of drug-likeness (QED) is 0.579. The highest BCUT2D eigenvalue weighted by atomic mass is 31.1.